The predicted molar refractivity (Wildman–Crippen MR) is 252 cm³/mol. The van der Waals surface area contributed by atoms with Crippen molar-refractivity contribution in [3.8, 4) is 28.2 Å². The van der Waals surface area contributed by atoms with E-state index in [2.05, 4.69) is 200 Å². The van der Waals surface area contributed by atoms with E-state index in [9.17, 15) is 4.39 Å². The van der Waals surface area contributed by atoms with Gasteiger partial charge in [-0.1, -0.05) is 142 Å². The molecule has 2 aromatic heterocycles. The van der Waals surface area contributed by atoms with Crippen molar-refractivity contribution in [1.29, 1.82) is 0 Å². The van der Waals surface area contributed by atoms with Crippen LogP contribution in [0, 0.1) is 5.82 Å². The van der Waals surface area contributed by atoms with Crippen LogP contribution in [0.4, 0.5) is 21.5 Å². The zero-order valence-corrected chi connectivity index (χ0v) is 34.8. The van der Waals surface area contributed by atoms with E-state index in [1.807, 2.05) is 12.4 Å². The SMILES string of the molecule is CC(C)(C)c1ccc(N(c2ccc(F)cc2)c2cnc(-c3ccc4c(c3)c3ccccc3n4-c3ccc4c(c3)C(c3ccccc3)(c3ccccc3)c3ccccc3-4)nc2)cc1. The maximum atomic E-state index is 14.1. The zero-order chi connectivity index (χ0) is 42.0. The highest BCUT2D eigenvalue weighted by Crippen LogP contribution is 2.56. The van der Waals surface area contributed by atoms with Gasteiger partial charge < -0.3 is 9.47 Å². The summed E-state index contributed by atoms with van der Waals surface area (Å²) < 4.78 is 16.5. The molecular formula is C57H43FN4. The Hall–Kier alpha value is -7.63. The number of rotatable bonds is 7. The third kappa shape index (κ3) is 5.95. The summed E-state index contributed by atoms with van der Waals surface area (Å²) in [6.45, 7) is 6.61. The van der Waals surface area contributed by atoms with Crippen LogP contribution in [0.1, 0.15) is 48.6 Å². The summed E-state index contributed by atoms with van der Waals surface area (Å²) in [4.78, 5) is 12.0. The van der Waals surface area contributed by atoms with Gasteiger partial charge in [0.25, 0.3) is 0 Å². The Morgan fingerprint density at radius 1 is 0.500 bits per heavy atom. The van der Waals surface area contributed by atoms with Crippen molar-refractivity contribution in [1.82, 2.24) is 14.5 Å². The van der Waals surface area contributed by atoms with Crippen LogP contribution in [0.5, 0.6) is 0 Å². The molecule has 0 unspecified atom stereocenters. The maximum Gasteiger partial charge on any atom is 0.159 e. The van der Waals surface area contributed by atoms with E-state index >= 15 is 0 Å². The van der Waals surface area contributed by atoms with Crippen molar-refractivity contribution in [2.45, 2.75) is 31.6 Å². The average Bonchev–Trinajstić information content (AvgIpc) is 3.80. The van der Waals surface area contributed by atoms with Crippen molar-refractivity contribution in [2.75, 3.05) is 4.90 Å². The van der Waals surface area contributed by atoms with Gasteiger partial charge in [-0.25, -0.2) is 14.4 Å². The van der Waals surface area contributed by atoms with Gasteiger partial charge in [-0.3, -0.25) is 0 Å². The molecule has 0 bridgehead atoms. The smallest absolute Gasteiger partial charge is 0.159 e. The molecule has 0 amide bonds. The summed E-state index contributed by atoms with van der Waals surface area (Å²) in [6.07, 6.45) is 3.70. The summed E-state index contributed by atoms with van der Waals surface area (Å²) in [7, 11) is 0. The molecule has 0 radical (unpaired) electrons. The molecule has 0 atom stereocenters. The fraction of sp³-hybridized carbons (Fsp3) is 0.0877. The van der Waals surface area contributed by atoms with Gasteiger partial charge in [0, 0.05) is 33.4 Å². The fourth-order valence-electron chi connectivity index (χ4n) is 9.70. The fourth-order valence-corrected chi connectivity index (χ4v) is 9.70. The molecule has 1 aliphatic carbocycles. The first-order valence-corrected chi connectivity index (χ1v) is 21.2. The lowest BCUT2D eigenvalue weighted by Gasteiger charge is -2.34. The number of nitrogens with zero attached hydrogens (tertiary/aromatic N) is 4. The minimum Gasteiger partial charge on any atom is -0.309 e. The van der Waals surface area contributed by atoms with E-state index in [-0.39, 0.29) is 11.2 Å². The lowest BCUT2D eigenvalue weighted by atomic mass is 9.67. The van der Waals surface area contributed by atoms with Crippen LogP contribution in [-0.4, -0.2) is 14.5 Å². The van der Waals surface area contributed by atoms with Gasteiger partial charge in [0.2, 0.25) is 0 Å². The number of hydrogen-bond acceptors (Lipinski definition) is 3. The molecule has 0 saturated carbocycles. The Morgan fingerprint density at radius 3 is 1.76 bits per heavy atom. The third-order valence-electron chi connectivity index (χ3n) is 12.6. The molecule has 0 saturated heterocycles. The molecule has 298 valence electrons. The largest absolute Gasteiger partial charge is 0.309 e. The second-order valence-corrected chi connectivity index (χ2v) is 17.2. The highest BCUT2D eigenvalue weighted by molar-refractivity contribution is 6.10. The first-order valence-electron chi connectivity index (χ1n) is 21.2. The Labute approximate surface area is 361 Å². The first-order chi connectivity index (χ1) is 30.3. The Bertz CT molecular complexity index is 3220. The zero-order valence-electron chi connectivity index (χ0n) is 34.8. The van der Waals surface area contributed by atoms with E-state index in [4.69, 9.17) is 9.97 Å². The minimum absolute atomic E-state index is 0.0156. The van der Waals surface area contributed by atoms with Gasteiger partial charge in [-0.2, -0.15) is 0 Å². The predicted octanol–water partition coefficient (Wildman–Crippen LogP) is 14.5. The first kappa shape index (κ1) is 37.4. The minimum atomic E-state index is -0.498. The van der Waals surface area contributed by atoms with Crippen LogP contribution >= 0.6 is 0 Å². The quantitative estimate of drug-likeness (QED) is 0.161. The molecular weight excluding hydrogens is 760 g/mol. The molecule has 8 aromatic carbocycles. The van der Waals surface area contributed by atoms with Crippen molar-refractivity contribution in [3.05, 3.63) is 240 Å². The van der Waals surface area contributed by atoms with Crippen LogP contribution in [-0.2, 0) is 10.8 Å². The van der Waals surface area contributed by atoms with Gasteiger partial charge in [0.05, 0.1) is 34.5 Å². The summed E-state index contributed by atoms with van der Waals surface area (Å²) in [5.41, 5.74) is 15.1. The highest BCUT2D eigenvalue weighted by atomic mass is 19.1. The number of halogens is 1. The van der Waals surface area contributed by atoms with E-state index in [1.54, 1.807) is 12.1 Å². The van der Waals surface area contributed by atoms with Crippen LogP contribution < -0.4 is 4.90 Å². The van der Waals surface area contributed by atoms with Gasteiger partial charge in [-0.05, 0) is 117 Å². The molecule has 1 aliphatic rings. The molecule has 11 rings (SSSR count). The second kappa shape index (κ2) is 14.5. The van der Waals surface area contributed by atoms with E-state index in [1.165, 1.54) is 51.1 Å². The van der Waals surface area contributed by atoms with Crippen molar-refractivity contribution < 1.29 is 4.39 Å². The number of anilines is 3. The monoisotopic (exact) mass is 802 g/mol. The Morgan fingerprint density at radius 2 is 1.08 bits per heavy atom. The molecule has 5 heteroatoms. The van der Waals surface area contributed by atoms with Gasteiger partial charge in [0.1, 0.15) is 5.82 Å². The summed E-state index contributed by atoms with van der Waals surface area (Å²) in [5, 5.41) is 2.28. The lowest BCUT2D eigenvalue weighted by Crippen LogP contribution is -2.28. The number of benzene rings is 8. The second-order valence-electron chi connectivity index (χ2n) is 17.2. The summed E-state index contributed by atoms with van der Waals surface area (Å²) in [5.74, 6) is 0.342. The molecule has 2 heterocycles. The highest BCUT2D eigenvalue weighted by Gasteiger charge is 2.46. The molecule has 10 aromatic rings. The van der Waals surface area contributed by atoms with Gasteiger partial charge >= 0.3 is 0 Å². The van der Waals surface area contributed by atoms with Crippen molar-refractivity contribution in [3.63, 3.8) is 0 Å². The van der Waals surface area contributed by atoms with Crippen LogP contribution in [0.2, 0.25) is 0 Å². The summed E-state index contributed by atoms with van der Waals surface area (Å²) in [6, 6.07) is 68.0. The van der Waals surface area contributed by atoms with Crippen LogP contribution in [0.25, 0.3) is 50.0 Å². The number of fused-ring (bicyclic) bond motifs is 6. The van der Waals surface area contributed by atoms with Crippen molar-refractivity contribution in [2.24, 2.45) is 0 Å². The number of hydrogen-bond donors (Lipinski definition) is 0. The van der Waals surface area contributed by atoms with Crippen LogP contribution in [0.15, 0.2) is 207 Å². The molecule has 0 fully saturated rings. The maximum absolute atomic E-state index is 14.1. The third-order valence-corrected chi connectivity index (χ3v) is 12.6. The van der Waals surface area contributed by atoms with Gasteiger partial charge in [0.15, 0.2) is 5.82 Å². The Balaban J connectivity index is 1.03. The molecule has 4 nitrogen and oxygen atoms in total. The lowest BCUT2D eigenvalue weighted by molar-refractivity contribution is 0.590. The summed E-state index contributed by atoms with van der Waals surface area (Å²) >= 11 is 0. The molecule has 0 aliphatic heterocycles. The van der Waals surface area contributed by atoms with E-state index < -0.39 is 5.41 Å². The standard InChI is InChI=1S/C57H43FN4/c1-56(2,3)39-23-27-43(28-24-39)61(44-29-25-42(58)26-30-44)46-36-59-55(60-37-46)38-22-33-54-50(34-38)49-19-11-13-21-53(49)62(54)45-31-32-48-47-18-10-12-20-51(47)57(52(48)35-45,40-14-6-4-7-15-40)41-16-8-5-9-17-41/h4-37H,1-3H3. The normalized spacial score (nSPS) is 13.0. The number of para-hydroxylation sites is 1. The van der Waals surface area contributed by atoms with Crippen molar-refractivity contribution >= 4 is 38.9 Å². The van der Waals surface area contributed by atoms with E-state index in [0.29, 0.717) is 5.82 Å². The average molecular weight is 803 g/mol. The molecule has 62 heavy (non-hydrogen) atoms. The Kier molecular flexibility index (Phi) is 8.76. The molecule has 0 N–H and O–H groups in total. The molecule has 0 spiro atoms. The number of aromatic nitrogens is 3. The topological polar surface area (TPSA) is 34.0 Å². The van der Waals surface area contributed by atoms with Gasteiger partial charge in [-0.15, -0.1) is 0 Å². The van der Waals surface area contributed by atoms with E-state index in [0.717, 1.165) is 50.1 Å². The van der Waals surface area contributed by atoms with Crippen LogP contribution in [0.3, 0.4) is 0 Å².